The molecule has 2 aromatic rings. The van der Waals surface area contributed by atoms with Gasteiger partial charge in [-0.1, -0.05) is 48.9 Å². The second kappa shape index (κ2) is 6.01. The van der Waals surface area contributed by atoms with Crippen molar-refractivity contribution in [1.29, 1.82) is 0 Å². The molecule has 1 saturated heterocycles. The summed E-state index contributed by atoms with van der Waals surface area (Å²) in [6, 6.07) is 16.2. The summed E-state index contributed by atoms with van der Waals surface area (Å²) in [4.78, 5) is 0. The summed E-state index contributed by atoms with van der Waals surface area (Å²) in [6.45, 7) is 5.25. The number of ether oxygens (including phenoxy) is 1. The lowest BCUT2D eigenvalue weighted by Crippen LogP contribution is -2.36. The monoisotopic (exact) mass is 307 g/mol. The van der Waals surface area contributed by atoms with Crippen molar-refractivity contribution in [2.24, 2.45) is 5.92 Å². The van der Waals surface area contributed by atoms with Crippen LogP contribution in [0, 0.1) is 12.8 Å². The summed E-state index contributed by atoms with van der Waals surface area (Å²) < 4.78 is 6.22. The number of anilines is 1. The second-order valence-electron chi connectivity index (χ2n) is 6.91. The highest BCUT2D eigenvalue weighted by Gasteiger charge is 2.39. The largest absolute Gasteiger partial charge is 0.378 e. The van der Waals surface area contributed by atoms with E-state index in [4.69, 9.17) is 4.74 Å². The molecule has 2 aliphatic rings. The van der Waals surface area contributed by atoms with Crippen LogP contribution in [0.4, 0.5) is 5.69 Å². The first-order valence-corrected chi connectivity index (χ1v) is 8.84. The first kappa shape index (κ1) is 14.8. The minimum atomic E-state index is 0.232. The molecule has 0 bridgehead atoms. The van der Waals surface area contributed by atoms with Crippen LogP contribution >= 0.6 is 0 Å². The average molecular weight is 307 g/mol. The maximum Gasteiger partial charge on any atom is 0.0895 e. The van der Waals surface area contributed by atoms with Crippen LogP contribution in [0.25, 0.3) is 0 Å². The lowest BCUT2D eigenvalue weighted by Gasteiger charge is -2.43. The van der Waals surface area contributed by atoms with Crippen molar-refractivity contribution < 1.29 is 4.74 Å². The van der Waals surface area contributed by atoms with Gasteiger partial charge in [-0.25, -0.2) is 0 Å². The van der Waals surface area contributed by atoms with Gasteiger partial charge in [-0.2, -0.15) is 0 Å². The molecule has 3 unspecified atom stereocenters. The third-order valence-electron chi connectivity index (χ3n) is 5.37. The average Bonchev–Trinajstić information content (AvgIpc) is 2.61. The normalized spacial score (nSPS) is 26.1. The van der Waals surface area contributed by atoms with E-state index in [0.717, 1.165) is 19.4 Å². The Labute approximate surface area is 138 Å². The van der Waals surface area contributed by atoms with Gasteiger partial charge in [0.2, 0.25) is 0 Å². The first-order valence-electron chi connectivity index (χ1n) is 8.84. The Morgan fingerprint density at radius 2 is 1.96 bits per heavy atom. The minimum absolute atomic E-state index is 0.232. The van der Waals surface area contributed by atoms with Crippen molar-refractivity contribution in [2.45, 2.75) is 45.3 Å². The zero-order chi connectivity index (χ0) is 15.8. The fourth-order valence-corrected chi connectivity index (χ4v) is 4.08. The maximum atomic E-state index is 6.22. The Morgan fingerprint density at radius 1 is 1.13 bits per heavy atom. The Hall–Kier alpha value is -1.80. The van der Waals surface area contributed by atoms with Gasteiger partial charge in [0, 0.05) is 23.8 Å². The topological polar surface area (TPSA) is 21.3 Å². The van der Waals surface area contributed by atoms with E-state index in [1.807, 2.05) is 0 Å². The van der Waals surface area contributed by atoms with Crippen LogP contribution in [0.1, 0.15) is 54.2 Å². The van der Waals surface area contributed by atoms with Crippen LogP contribution in [0.5, 0.6) is 0 Å². The molecule has 0 aromatic heterocycles. The second-order valence-corrected chi connectivity index (χ2v) is 6.91. The van der Waals surface area contributed by atoms with Crippen molar-refractivity contribution in [3.05, 3.63) is 64.7 Å². The number of benzene rings is 2. The summed E-state index contributed by atoms with van der Waals surface area (Å²) >= 11 is 0. The van der Waals surface area contributed by atoms with Gasteiger partial charge in [-0.05, 0) is 43.4 Å². The quantitative estimate of drug-likeness (QED) is 0.824. The molecule has 1 fully saturated rings. The minimum Gasteiger partial charge on any atom is -0.378 e. The number of hydrogen-bond donors (Lipinski definition) is 1. The highest BCUT2D eigenvalue weighted by atomic mass is 16.5. The molecule has 23 heavy (non-hydrogen) atoms. The molecule has 2 nitrogen and oxygen atoms in total. The summed E-state index contributed by atoms with van der Waals surface area (Å²) in [6.07, 6.45) is 3.71. The van der Waals surface area contributed by atoms with Gasteiger partial charge in [0.05, 0.1) is 12.1 Å². The molecule has 2 aromatic carbocycles. The fraction of sp³-hybridized carbons (Fsp3) is 0.429. The molecule has 2 heteroatoms. The summed E-state index contributed by atoms with van der Waals surface area (Å²) in [5.41, 5.74) is 6.68. The zero-order valence-electron chi connectivity index (χ0n) is 14.0. The van der Waals surface area contributed by atoms with Crippen molar-refractivity contribution >= 4 is 5.69 Å². The van der Waals surface area contributed by atoms with Gasteiger partial charge < -0.3 is 10.1 Å². The van der Waals surface area contributed by atoms with E-state index < -0.39 is 0 Å². The van der Waals surface area contributed by atoms with Crippen LogP contribution in [0.15, 0.2) is 42.5 Å². The van der Waals surface area contributed by atoms with E-state index in [1.165, 1.54) is 34.4 Å². The van der Waals surface area contributed by atoms with Crippen LogP contribution in [0.2, 0.25) is 0 Å². The lowest BCUT2D eigenvalue weighted by atomic mass is 9.77. The third kappa shape index (κ3) is 2.66. The van der Waals surface area contributed by atoms with E-state index in [9.17, 15) is 0 Å². The van der Waals surface area contributed by atoms with Crippen molar-refractivity contribution in [3.8, 4) is 0 Å². The smallest absolute Gasteiger partial charge is 0.0895 e. The highest BCUT2D eigenvalue weighted by Crippen LogP contribution is 2.49. The molecular weight excluding hydrogens is 282 g/mol. The number of rotatable bonds is 2. The fourth-order valence-electron chi connectivity index (χ4n) is 4.08. The zero-order valence-corrected chi connectivity index (χ0v) is 14.0. The van der Waals surface area contributed by atoms with Crippen molar-refractivity contribution in [2.75, 3.05) is 11.9 Å². The van der Waals surface area contributed by atoms with Crippen LogP contribution in [-0.2, 0) is 11.2 Å². The SMILES string of the molecule is CCc1ccc(C2Nc3ccc(C)cc3C3OCCCC23)cc1. The molecule has 3 atom stereocenters. The van der Waals surface area contributed by atoms with E-state index in [1.54, 1.807) is 0 Å². The molecule has 1 N–H and O–H groups in total. The van der Waals surface area contributed by atoms with Gasteiger partial charge in [-0.15, -0.1) is 0 Å². The molecule has 4 rings (SSSR count). The molecule has 2 heterocycles. The molecule has 2 aliphatic heterocycles. The Morgan fingerprint density at radius 3 is 2.74 bits per heavy atom. The number of hydrogen-bond acceptors (Lipinski definition) is 2. The van der Waals surface area contributed by atoms with Gasteiger partial charge in [0.15, 0.2) is 0 Å². The standard InChI is InChI=1S/C21H25NO/c1-3-15-7-9-16(10-8-15)20-17-5-4-12-23-21(17)18-13-14(2)6-11-19(18)22-20/h6-11,13,17,20-22H,3-5,12H2,1-2H3. The van der Waals surface area contributed by atoms with Gasteiger partial charge in [-0.3, -0.25) is 0 Å². The number of aryl methyl sites for hydroxylation is 2. The van der Waals surface area contributed by atoms with Crippen molar-refractivity contribution in [1.82, 2.24) is 0 Å². The van der Waals surface area contributed by atoms with Crippen LogP contribution < -0.4 is 5.32 Å². The van der Waals surface area contributed by atoms with E-state index in [0.29, 0.717) is 12.0 Å². The van der Waals surface area contributed by atoms with Gasteiger partial charge in [0.25, 0.3) is 0 Å². The Bertz CT molecular complexity index is 691. The van der Waals surface area contributed by atoms with Gasteiger partial charge in [0.1, 0.15) is 0 Å². The number of fused-ring (bicyclic) bond motifs is 3. The van der Waals surface area contributed by atoms with Gasteiger partial charge >= 0.3 is 0 Å². The maximum absolute atomic E-state index is 6.22. The molecule has 0 saturated carbocycles. The molecule has 0 spiro atoms. The number of nitrogens with one attached hydrogen (secondary N) is 1. The molecule has 0 aliphatic carbocycles. The molecule has 0 amide bonds. The lowest BCUT2D eigenvalue weighted by molar-refractivity contribution is -0.0381. The molecular formula is C21H25NO. The summed E-state index contributed by atoms with van der Waals surface area (Å²) in [5, 5.41) is 3.80. The van der Waals surface area contributed by atoms with Crippen molar-refractivity contribution in [3.63, 3.8) is 0 Å². The molecule has 120 valence electrons. The highest BCUT2D eigenvalue weighted by molar-refractivity contribution is 5.58. The summed E-state index contributed by atoms with van der Waals surface area (Å²) in [5.74, 6) is 0.519. The van der Waals surface area contributed by atoms with Crippen LogP contribution in [0.3, 0.4) is 0 Å². The Kier molecular flexibility index (Phi) is 3.86. The third-order valence-corrected chi connectivity index (χ3v) is 5.37. The van der Waals surface area contributed by atoms with E-state index >= 15 is 0 Å². The molecule has 0 radical (unpaired) electrons. The van der Waals surface area contributed by atoms with Crippen LogP contribution in [-0.4, -0.2) is 6.61 Å². The predicted octanol–water partition coefficient (Wildman–Crippen LogP) is 5.19. The Balaban J connectivity index is 1.73. The van der Waals surface area contributed by atoms with E-state index in [2.05, 4.69) is 61.6 Å². The first-order chi connectivity index (χ1) is 11.3. The predicted molar refractivity (Wildman–Crippen MR) is 94.8 cm³/mol. The van der Waals surface area contributed by atoms with E-state index in [-0.39, 0.29) is 6.10 Å². The summed E-state index contributed by atoms with van der Waals surface area (Å²) in [7, 11) is 0.